The normalized spacial score (nSPS) is 20.0. The van der Waals surface area contributed by atoms with Crippen LogP contribution in [0.4, 0.5) is 5.69 Å². The average molecular weight is 423 g/mol. The number of hydrogen-bond acceptors (Lipinski definition) is 5. The van der Waals surface area contributed by atoms with Gasteiger partial charge in [-0.25, -0.2) is 0 Å². The van der Waals surface area contributed by atoms with E-state index in [0.717, 1.165) is 45.7 Å². The maximum absolute atomic E-state index is 12.8. The van der Waals surface area contributed by atoms with Gasteiger partial charge in [-0.2, -0.15) is 0 Å². The molecule has 0 saturated carbocycles. The third kappa shape index (κ3) is 5.83. The second-order valence-electron chi connectivity index (χ2n) is 8.40. The van der Waals surface area contributed by atoms with Crippen molar-refractivity contribution in [2.24, 2.45) is 5.92 Å². The van der Waals surface area contributed by atoms with E-state index in [0.29, 0.717) is 18.8 Å². The highest BCUT2D eigenvalue weighted by molar-refractivity contribution is 5.93. The first-order chi connectivity index (χ1) is 15.1. The first-order valence-electron chi connectivity index (χ1n) is 10.9. The Morgan fingerprint density at radius 2 is 1.61 bits per heavy atom. The molecule has 1 unspecified atom stereocenters. The first kappa shape index (κ1) is 21.3. The van der Waals surface area contributed by atoms with Crippen LogP contribution in [0.2, 0.25) is 0 Å². The summed E-state index contributed by atoms with van der Waals surface area (Å²) in [4.78, 5) is 31.7. The van der Waals surface area contributed by atoms with Gasteiger partial charge in [0.2, 0.25) is 11.8 Å². The molecule has 2 N–H and O–H groups in total. The molecule has 31 heavy (non-hydrogen) atoms. The summed E-state index contributed by atoms with van der Waals surface area (Å²) in [5, 5.41) is 12.2. The van der Waals surface area contributed by atoms with E-state index >= 15 is 0 Å². The number of nitrogens with zero attached hydrogens (tertiary/aromatic N) is 3. The summed E-state index contributed by atoms with van der Waals surface area (Å²) < 4.78 is 0. The summed E-state index contributed by atoms with van der Waals surface area (Å²) >= 11 is 0. The number of likely N-dealkylation sites (tertiary alicyclic amines) is 1. The zero-order valence-electron chi connectivity index (χ0n) is 17.7. The molecule has 1 atom stereocenters. The minimum Gasteiger partial charge on any atom is -0.508 e. The third-order valence-corrected chi connectivity index (χ3v) is 6.11. The van der Waals surface area contributed by atoms with Crippen LogP contribution in [-0.2, 0) is 16.1 Å². The number of rotatable bonds is 6. The van der Waals surface area contributed by atoms with Gasteiger partial charge in [0.15, 0.2) is 0 Å². The van der Waals surface area contributed by atoms with Crippen LogP contribution in [0, 0.1) is 5.92 Å². The van der Waals surface area contributed by atoms with Crippen molar-refractivity contribution in [2.75, 3.05) is 51.1 Å². The fourth-order valence-electron chi connectivity index (χ4n) is 4.27. The molecule has 2 fully saturated rings. The monoisotopic (exact) mass is 422 g/mol. The Kier molecular flexibility index (Phi) is 6.84. The topological polar surface area (TPSA) is 76.1 Å². The summed E-state index contributed by atoms with van der Waals surface area (Å²) in [6, 6.07) is 16.9. The molecule has 2 saturated heterocycles. The van der Waals surface area contributed by atoms with Gasteiger partial charge < -0.3 is 15.3 Å². The number of hydrogen-bond donors (Lipinski definition) is 2. The highest BCUT2D eigenvalue weighted by Gasteiger charge is 2.31. The molecule has 2 amide bonds. The SMILES string of the molecule is O=C(Nc1ccc(O)cc1)C1CCN(CC(=O)N2CCN(Cc3ccccc3)CC2)C1. The van der Waals surface area contributed by atoms with E-state index in [1.54, 1.807) is 24.3 Å². The van der Waals surface area contributed by atoms with E-state index < -0.39 is 0 Å². The van der Waals surface area contributed by atoms with Crippen molar-refractivity contribution in [1.29, 1.82) is 0 Å². The maximum atomic E-state index is 12.8. The lowest BCUT2D eigenvalue weighted by Gasteiger charge is -2.35. The molecule has 2 aliphatic rings. The molecule has 7 heteroatoms. The largest absolute Gasteiger partial charge is 0.508 e. The number of piperazine rings is 1. The lowest BCUT2D eigenvalue weighted by Crippen LogP contribution is -2.50. The van der Waals surface area contributed by atoms with Gasteiger partial charge in [0.1, 0.15) is 5.75 Å². The number of nitrogens with one attached hydrogen (secondary N) is 1. The molecule has 2 heterocycles. The van der Waals surface area contributed by atoms with Crippen LogP contribution in [0.25, 0.3) is 0 Å². The number of aromatic hydroxyl groups is 1. The summed E-state index contributed by atoms with van der Waals surface area (Å²) in [5.41, 5.74) is 1.97. The molecule has 2 aliphatic heterocycles. The van der Waals surface area contributed by atoms with Gasteiger partial charge >= 0.3 is 0 Å². The fraction of sp³-hybridized carbons (Fsp3) is 0.417. The van der Waals surface area contributed by atoms with Gasteiger partial charge in [-0.3, -0.25) is 19.4 Å². The summed E-state index contributed by atoms with van der Waals surface area (Å²) in [6.45, 7) is 5.94. The van der Waals surface area contributed by atoms with Crippen LogP contribution in [0.1, 0.15) is 12.0 Å². The van der Waals surface area contributed by atoms with E-state index in [2.05, 4.69) is 39.4 Å². The highest BCUT2D eigenvalue weighted by atomic mass is 16.3. The number of phenolic OH excluding ortho intramolecular Hbond substituents is 1. The second kappa shape index (κ2) is 9.94. The summed E-state index contributed by atoms with van der Waals surface area (Å²) in [6.07, 6.45) is 0.752. The fourth-order valence-corrected chi connectivity index (χ4v) is 4.27. The summed E-state index contributed by atoms with van der Waals surface area (Å²) in [5.74, 6) is 0.169. The number of carbonyl (C=O) groups is 2. The second-order valence-corrected chi connectivity index (χ2v) is 8.40. The molecule has 0 radical (unpaired) electrons. The van der Waals surface area contributed by atoms with Crippen molar-refractivity contribution in [1.82, 2.24) is 14.7 Å². The van der Waals surface area contributed by atoms with Crippen molar-refractivity contribution in [3.63, 3.8) is 0 Å². The molecule has 0 spiro atoms. The molecule has 2 aromatic rings. The molecule has 0 bridgehead atoms. The average Bonchev–Trinajstić information content (AvgIpc) is 3.25. The van der Waals surface area contributed by atoms with Crippen LogP contribution in [0.5, 0.6) is 5.75 Å². The van der Waals surface area contributed by atoms with E-state index in [4.69, 9.17) is 0 Å². The highest BCUT2D eigenvalue weighted by Crippen LogP contribution is 2.20. The van der Waals surface area contributed by atoms with E-state index in [1.165, 1.54) is 5.56 Å². The molecule has 164 valence electrons. The third-order valence-electron chi connectivity index (χ3n) is 6.11. The van der Waals surface area contributed by atoms with Gasteiger partial charge in [-0.1, -0.05) is 30.3 Å². The molecule has 2 aromatic carbocycles. The predicted molar refractivity (Wildman–Crippen MR) is 120 cm³/mol. The Hall–Kier alpha value is -2.90. The van der Waals surface area contributed by atoms with Gasteiger partial charge in [-0.15, -0.1) is 0 Å². The smallest absolute Gasteiger partial charge is 0.236 e. The zero-order chi connectivity index (χ0) is 21.6. The van der Waals surface area contributed by atoms with Crippen LogP contribution < -0.4 is 5.32 Å². The maximum Gasteiger partial charge on any atom is 0.236 e. The standard InChI is InChI=1S/C24H30N4O3/c29-22-8-6-21(7-9-22)25-24(31)20-10-11-27(17-20)18-23(30)28-14-12-26(13-15-28)16-19-4-2-1-3-5-19/h1-9,20,29H,10-18H2,(H,25,31). The van der Waals surface area contributed by atoms with Crippen LogP contribution in [0.3, 0.4) is 0 Å². The quantitative estimate of drug-likeness (QED) is 0.697. The van der Waals surface area contributed by atoms with Crippen molar-refractivity contribution in [2.45, 2.75) is 13.0 Å². The van der Waals surface area contributed by atoms with Gasteiger partial charge in [0, 0.05) is 45.0 Å². The molecule has 4 rings (SSSR count). The Balaban J connectivity index is 1.19. The predicted octanol–water partition coefficient (Wildman–Crippen LogP) is 2.00. The Morgan fingerprint density at radius 3 is 2.32 bits per heavy atom. The number of benzene rings is 2. The van der Waals surface area contributed by atoms with Crippen molar-refractivity contribution < 1.29 is 14.7 Å². The number of carbonyl (C=O) groups excluding carboxylic acids is 2. The van der Waals surface area contributed by atoms with E-state index in [-0.39, 0.29) is 23.5 Å². The first-order valence-corrected chi connectivity index (χ1v) is 10.9. The van der Waals surface area contributed by atoms with E-state index in [9.17, 15) is 14.7 Å². The Morgan fingerprint density at radius 1 is 0.903 bits per heavy atom. The minimum atomic E-state index is -0.121. The molecule has 0 aromatic heterocycles. The molecule has 7 nitrogen and oxygen atoms in total. The zero-order valence-corrected chi connectivity index (χ0v) is 17.7. The minimum absolute atomic E-state index is 0.0323. The number of amides is 2. The van der Waals surface area contributed by atoms with Crippen molar-refractivity contribution in [3.05, 3.63) is 60.2 Å². The van der Waals surface area contributed by atoms with E-state index in [1.807, 2.05) is 11.0 Å². The van der Waals surface area contributed by atoms with Crippen LogP contribution in [0.15, 0.2) is 54.6 Å². The Bertz CT molecular complexity index is 879. The molecular weight excluding hydrogens is 392 g/mol. The summed E-state index contributed by atoms with van der Waals surface area (Å²) in [7, 11) is 0. The van der Waals surface area contributed by atoms with Gasteiger partial charge in [0.25, 0.3) is 0 Å². The van der Waals surface area contributed by atoms with Crippen molar-refractivity contribution >= 4 is 17.5 Å². The lowest BCUT2D eigenvalue weighted by molar-refractivity contribution is -0.134. The lowest BCUT2D eigenvalue weighted by atomic mass is 10.1. The van der Waals surface area contributed by atoms with Gasteiger partial charge in [-0.05, 0) is 42.8 Å². The number of phenols is 1. The molecular formula is C24H30N4O3. The Labute approximate surface area is 183 Å². The number of anilines is 1. The van der Waals surface area contributed by atoms with Gasteiger partial charge in [0.05, 0.1) is 12.5 Å². The van der Waals surface area contributed by atoms with Crippen LogP contribution >= 0.6 is 0 Å². The molecule has 0 aliphatic carbocycles. The van der Waals surface area contributed by atoms with Crippen LogP contribution in [-0.4, -0.2) is 77.4 Å². The van der Waals surface area contributed by atoms with Crippen molar-refractivity contribution in [3.8, 4) is 5.75 Å².